The van der Waals surface area contributed by atoms with Gasteiger partial charge in [-0.3, -0.25) is 4.79 Å². The van der Waals surface area contributed by atoms with Crippen LogP contribution in [-0.4, -0.2) is 12.1 Å². The average Bonchev–Trinajstić information content (AvgIpc) is 2.66. The van der Waals surface area contributed by atoms with E-state index in [1.54, 1.807) is 0 Å². The molecule has 3 rings (SSSR count). The summed E-state index contributed by atoms with van der Waals surface area (Å²) in [5, 5.41) is 0. The summed E-state index contributed by atoms with van der Waals surface area (Å²) in [7, 11) is 0. The molecule has 0 aromatic heterocycles. The second-order valence-corrected chi connectivity index (χ2v) is 7.87. The minimum atomic E-state index is 0. The van der Waals surface area contributed by atoms with E-state index in [0.717, 1.165) is 63.6 Å². The van der Waals surface area contributed by atoms with Crippen molar-refractivity contribution in [3.8, 4) is 0 Å². The van der Waals surface area contributed by atoms with Crippen molar-refractivity contribution in [1.82, 2.24) is 0 Å². The Morgan fingerprint density at radius 2 is 2.00 bits per heavy atom. The minimum Gasteiger partial charge on any atom is -0.303 e. The van der Waals surface area contributed by atoms with Crippen molar-refractivity contribution >= 4 is 12.1 Å². The number of carbonyl (C=O) groups excluding carboxylic acids is 2. The van der Waals surface area contributed by atoms with Crippen molar-refractivity contribution < 1.29 is 11.0 Å². The Balaban J connectivity index is 0.000000251. The van der Waals surface area contributed by atoms with Crippen molar-refractivity contribution in [2.75, 3.05) is 0 Å². The Bertz CT molecular complexity index is 555. The van der Waals surface area contributed by atoms with Crippen LogP contribution in [0, 0.1) is 11.8 Å². The highest BCUT2D eigenvalue weighted by Crippen LogP contribution is 2.30. The summed E-state index contributed by atoms with van der Waals surface area (Å²) in [6.07, 6.45) is 12.4. The third-order valence-corrected chi connectivity index (χ3v) is 5.75. The molecule has 1 fully saturated rings. The summed E-state index contributed by atoms with van der Waals surface area (Å²) in [6, 6.07) is 8.27. The topological polar surface area (TPSA) is 34.1 Å². The zero-order valence-electron chi connectivity index (χ0n) is 16.0. The van der Waals surface area contributed by atoms with Crippen molar-refractivity contribution in [2.45, 2.75) is 84.0 Å². The molecule has 0 amide bonds. The van der Waals surface area contributed by atoms with Crippen LogP contribution < -0.4 is 0 Å². The Labute approximate surface area is 154 Å². The summed E-state index contributed by atoms with van der Waals surface area (Å²) < 4.78 is 0. The lowest BCUT2D eigenvalue weighted by Crippen LogP contribution is -2.21. The van der Waals surface area contributed by atoms with Crippen LogP contribution in [0.2, 0.25) is 0 Å². The fourth-order valence-electron chi connectivity index (χ4n) is 4.21. The fraction of sp³-hybridized carbons (Fsp3) is 0.652. The number of Topliss-reactive ketones (excluding diaryl/α,β-unsaturated/α-hetero) is 1. The van der Waals surface area contributed by atoms with Crippen molar-refractivity contribution in [1.29, 1.82) is 0 Å². The zero-order chi connectivity index (χ0) is 18.1. The lowest BCUT2D eigenvalue weighted by Gasteiger charge is -2.25. The van der Waals surface area contributed by atoms with E-state index in [-0.39, 0.29) is 7.34 Å². The first kappa shape index (κ1) is 19.9. The lowest BCUT2D eigenvalue weighted by molar-refractivity contribution is -0.124. The number of carbonyl (C=O) groups is 2. The molecule has 1 aromatic rings. The maximum absolute atomic E-state index is 11.7. The molecule has 2 nitrogen and oxygen atoms in total. The van der Waals surface area contributed by atoms with Crippen LogP contribution >= 0.6 is 0 Å². The third-order valence-electron chi connectivity index (χ3n) is 5.75. The molecular weight excluding hydrogens is 308 g/mol. The van der Waals surface area contributed by atoms with Gasteiger partial charge in [-0.05, 0) is 55.6 Å². The van der Waals surface area contributed by atoms with Gasteiger partial charge in [0.15, 0.2) is 0 Å². The maximum Gasteiger partial charge on any atom is 0.135 e. The van der Waals surface area contributed by atoms with Crippen LogP contribution in [0.15, 0.2) is 24.3 Å². The van der Waals surface area contributed by atoms with Gasteiger partial charge in [0.2, 0.25) is 0 Å². The summed E-state index contributed by atoms with van der Waals surface area (Å²) in [5.41, 5.74) is 2.61. The van der Waals surface area contributed by atoms with Crippen molar-refractivity contribution in [3.63, 3.8) is 0 Å². The predicted molar refractivity (Wildman–Crippen MR) is 106 cm³/mol. The third kappa shape index (κ3) is 6.09. The van der Waals surface area contributed by atoms with E-state index in [1.807, 2.05) is 12.1 Å². The van der Waals surface area contributed by atoms with Crippen molar-refractivity contribution in [2.24, 2.45) is 11.8 Å². The van der Waals surface area contributed by atoms with Crippen LogP contribution in [0.3, 0.4) is 0 Å². The SMILES string of the molecule is CCCCC(=O)C1CCCC(C)C1.O=CC1CCCc2ccccc21.[HH]. The molecule has 0 saturated heterocycles. The molecular formula is C23H36O2. The van der Waals surface area contributed by atoms with Gasteiger partial charge in [0.25, 0.3) is 0 Å². The highest BCUT2D eigenvalue weighted by atomic mass is 16.1. The number of aryl methyl sites for hydroxylation is 1. The van der Waals surface area contributed by atoms with Gasteiger partial charge in [0.1, 0.15) is 12.1 Å². The first-order chi connectivity index (χ1) is 12.2. The first-order valence-electron chi connectivity index (χ1n) is 10.2. The first-order valence-corrected chi connectivity index (χ1v) is 10.2. The molecule has 0 bridgehead atoms. The summed E-state index contributed by atoms with van der Waals surface area (Å²) >= 11 is 0. The van der Waals surface area contributed by atoms with Crippen LogP contribution in [0.5, 0.6) is 0 Å². The fourth-order valence-corrected chi connectivity index (χ4v) is 4.21. The average molecular weight is 345 g/mol. The van der Waals surface area contributed by atoms with E-state index in [1.165, 1.54) is 24.0 Å². The Morgan fingerprint density at radius 3 is 2.72 bits per heavy atom. The predicted octanol–water partition coefficient (Wildman–Crippen LogP) is 6.12. The number of benzene rings is 1. The molecule has 0 heterocycles. The van der Waals surface area contributed by atoms with E-state index < -0.39 is 0 Å². The van der Waals surface area contributed by atoms with E-state index in [2.05, 4.69) is 26.0 Å². The monoisotopic (exact) mass is 344 g/mol. The maximum atomic E-state index is 11.7. The molecule has 3 atom stereocenters. The number of aldehydes is 1. The van der Waals surface area contributed by atoms with Crippen LogP contribution in [0.4, 0.5) is 0 Å². The molecule has 3 unspecified atom stereocenters. The smallest absolute Gasteiger partial charge is 0.135 e. The molecule has 25 heavy (non-hydrogen) atoms. The molecule has 0 spiro atoms. The molecule has 1 aromatic carbocycles. The molecule has 1 saturated carbocycles. The van der Waals surface area contributed by atoms with Crippen LogP contribution in [-0.2, 0) is 16.0 Å². The summed E-state index contributed by atoms with van der Waals surface area (Å²) in [6.45, 7) is 4.43. The number of fused-ring (bicyclic) bond motifs is 1. The molecule has 2 aliphatic rings. The van der Waals surface area contributed by atoms with Gasteiger partial charge >= 0.3 is 0 Å². The van der Waals surface area contributed by atoms with E-state index >= 15 is 0 Å². The zero-order valence-corrected chi connectivity index (χ0v) is 16.0. The molecule has 0 N–H and O–H groups in total. The van der Waals surface area contributed by atoms with E-state index in [9.17, 15) is 9.59 Å². The largest absolute Gasteiger partial charge is 0.303 e. The lowest BCUT2D eigenvalue weighted by atomic mass is 9.79. The van der Waals surface area contributed by atoms with Gasteiger partial charge in [-0.2, -0.15) is 0 Å². The summed E-state index contributed by atoms with van der Waals surface area (Å²) in [4.78, 5) is 22.4. The van der Waals surface area contributed by atoms with Gasteiger partial charge in [0.05, 0.1) is 0 Å². The molecule has 2 aliphatic carbocycles. The van der Waals surface area contributed by atoms with E-state index in [0.29, 0.717) is 11.7 Å². The van der Waals surface area contributed by atoms with Gasteiger partial charge in [-0.25, -0.2) is 0 Å². The highest BCUT2D eigenvalue weighted by Gasteiger charge is 2.24. The van der Waals surface area contributed by atoms with E-state index in [4.69, 9.17) is 0 Å². The Kier molecular flexibility index (Phi) is 8.37. The van der Waals surface area contributed by atoms with Gasteiger partial charge in [0, 0.05) is 19.7 Å². The number of rotatable bonds is 5. The Morgan fingerprint density at radius 1 is 1.20 bits per heavy atom. The second kappa shape index (κ2) is 10.5. The molecule has 2 heteroatoms. The number of hydrogen-bond acceptors (Lipinski definition) is 2. The Hall–Kier alpha value is -1.44. The normalized spacial score (nSPS) is 25.3. The second-order valence-electron chi connectivity index (χ2n) is 7.87. The summed E-state index contributed by atoms with van der Waals surface area (Å²) in [5.74, 6) is 1.89. The van der Waals surface area contributed by atoms with Gasteiger partial charge in [-0.1, -0.05) is 57.4 Å². The quantitative estimate of drug-likeness (QED) is 0.603. The minimum absolute atomic E-state index is 0. The standard InChI is InChI=1S/C12H22O.C11H12O.H2/c1-3-4-8-12(13)11-7-5-6-10(2)9-11;12-8-10-6-3-5-9-4-1-2-7-11(9)10;/h10-11H,3-9H2,1-2H3;1-2,4,7-8,10H,3,5-6H2;1H. The number of hydrogen-bond donors (Lipinski definition) is 0. The number of unbranched alkanes of at least 4 members (excludes halogenated alkanes) is 1. The molecule has 0 aliphatic heterocycles. The highest BCUT2D eigenvalue weighted by molar-refractivity contribution is 5.81. The molecule has 140 valence electrons. The van der Waals surface area contributed by atoms with Gasteiger partial charge in [-0.15, -0.1) is 0 Å². The van der Waals surface area contributed by atoms with Gasteiger partial charge < -0.3 is 4.79 Å². The van der Waals surface area contributed by atoms with Crippen LogP contribution in [0.1, 0.15) is 90.1 Å². The van der Waals surface area contributed by atoms with Crippen LogP contribution in [0.25, 0.3) is 0 Å². The number of ketones is 1. The molecule has 0 radical (unpaired) electrons. The van der Waals surface area contributed by atoms with Crippen molar-refractivity contribution in [3.05, 3.63) is 35.4 Å².